The van der Waals surface area contributed by atoms with Crippen LogP contribution in [0.1, 0.15) is 60.3 Å². The molecule has 0 spiro atoms. The fraction of sp³-hybridized carbons (Fsp3) is 1.00. The van der Waals surface area contributed by atoms with Gasteiger partial charge in [0.2, 0.25) is 0 Å². The number of rotatable bonds is 15. The monoisotopic (exact) mass is 343 g/mol. The first kappa shape index (κ1) is 23.8. The van der Waals surface area contributed by atoms with Crippen LogP contribution < -0.4 is 0 Å². The van der Waals surface area contributed by atoms with Gasteiger partial charge in [0.15, 0.2) is 0 Å². The zero-order valence-corrected chi connectivity index (χ0v) is 17.8. The van der Waals surface area contributed by atoms with Crippen LogP contribution in [0.25, 0.3) is 0 Å². The molecule has 4 nitrogen and oxygen atoms in total. The summed E-state index contributed by atoms with van der Waals surface area (Å²) in [5.41, 5.74) is 0. The van der Waals surface area contributed by atoms with E-state index in [4.69, 9.17) is 4.74 Å². The Morgan fingerprint density at radius 2 is 1.38 bits per heavy atom. The van der Waals surface area contributed by atoms with E-state index in [1.54, 1.807) is 0 Å². The van der Waals surface area contributed by atoms with Crippen molar-refractivity contribution in [3.63, 3.8) is 0 Å². The summed E-state index contributed by atoms with van der Waals surface area (Å²) in [7, 11) is 6.73. The summed E-state index contributed by atoms with van der Waals surface area (Å²) in [5.74, 6) is 0. The first-order chi connectivity index (χ1) is 11.2. The highest BCUT2D eigenvalue weighted by Crippen LogP contribution is 2.05. The Hall–Kier alpha value is -0.160. The third-order valence-electron chi connectivity index (χ3n) is 5.00. The van der Waals surface area contributed by atoms with E-state index in [9.17, 15) is 0 Å². The van der Waals surface area contributed by atoms with Crippen molar-refractivity contribution in [3.8, 4) is 0 Å². The Bertz CT molecular complexity index is 284. The molecule has 0 fully saturated rings. The van der Waals surface area contributed by atoms with Crippen molar-refractivity contribution in [1.82, 2.24) is 14.7 Å². The predicted molar refractivity (Wildman–Crippen MR) is 107 cm³/mol. The van der Waals surface area contributed by atoms with Gasteiger partial charge in [-0.25, -0.2) is 0 Å². The second kappa shape index (κ2) is 14.1. The number of ether oxygens (including phenoxy) is 1. The molecule has 1 unspecified atom stereocenters. The molecule has 0 radical (unpaired) electrons. The molecule has 0 aliphatic rings. The molecule has 0 saturated carbocycles. The molecule has 0 saturated heterocycles. The average molecular weight is 344 g/mol. The summed E-state index contributed by atoms with van der Waals surface area (Å²) < 4.78 is 5.58. The SMILES string of the molecule is CC(C)OCCCCCN(C)CCN(C)C(C)CCN(C)C(C)C. The van der Waals surface area contributed by atoms with Crippen LogP contribution in [0.5, 0.6) is 0 Å². The molecule has 0 heterocycles. The summed E-state index contributed by atoms with van der Waals surface area (Å²) in [6.07, 6.45) is 5.34. The van der Waals surface area contributed by atoms with Crippen molar-refractivity contribution in [2.45, 2.75) is 78.5 Å². The van der Waals surface area contributed by atoms with Crippen LogP contribution in [0.3, 0.4) is 0 Å². The highest BCUT2D eigenvalue weighted by atomic mass is 16.5. The molecule has 24 heavy (non-hydrogen) atoms. The van der Waals surface area contributed by atoms with Gasteiger partial charge in [-0.15, -0.1) is 0 Å². The van der Waals surface area contributed by atoms with E-state index in [0.717, 1.165) is 19.7 Å². The van der Waals surface area contributed by atoms with Crippen LogP contribution in [0.4, 0.5) is 0 Å². The molecule has 0 aromatic carbocycles. The minimum atomic E-state index is 0.366. The number of hydrogen-bond donors (Lipinski definition) is 0. The minimum Gasteiger partial charge on any atom is -0.379 e. The quantitative estimate of drug-likeness (QED) is 0.423. The molecule has 0 bridgehead atoms. The van der Waals surface area contributed by atoms with Gasteiger partial charge in [0.1, 0.15) is 0 Å². The lowest BCUT2D eigenvalue weighted by Gasteiger charge is -2.29. The standard InChI is InChI=1S/C20H45N3O/c1-18(2)22(7)14-12-20(5)23(8)16-15-21(6)13-10-9-11-17-24-19(3)4/h18-20H,9-17H2,1-8H3. The second-order valence-electron chi connectivity index (χ2n) is 7.98. The molecule has 1 atom stereocenters. The molecular formula is C20H45N3O. The summed E-state index contributed by atoms with van der Waals surface area (Å²) in [6.45, 7) is 16.7. The smallest absolute Gasteiger partial charge is 0.0518 e. The summed E-state index contributed by atoms with van der Waals surface area (Å²) in [4.78, 5) is 7.40. The molecule has 0 aromatic heterocycles. The van der Waals surface area contributed by atoms with Gasteiger partial charge in [0.25, 0.3) is 0 Å². The van der Waals surface area contributed by atoms with Crippen LogP contribution in [0, 0.1) is 0 Å². The van der Waals surface area contributed by atoms with Gasteiger partial charge < -0.3 is 19.4 Å². The van der Waals surface area contributed by atoms with E-state index in [1.807, 2.05) is 0 Å². The van der Waals surface area contributed by atoms with Gasteiger partial charge >= 0.3 is 0 Å². The van der Waals surface area contributed by atoms with Crippen LogP contribution >= 0.6 is 0 Å². The molecule has 0 aromatic rings. The van der Waals surface area contributed by atoms with Gasteiger partial charge in [-0.1, -0.05) is 0 Å². The van der Waals surface area contributed by atoms with E-state index < -0.39 is 0 Å². The Labute approximate surface area is 152 Å². The third-order valence-corrected chi connectivity index (χ3v) is 5.00. The summed E-state index contributed by atoms with van der Waals surface area (Å²) in [6, 6.07) is 1.28. The highest BCUT2D eigenvalue weighted by molar-refractivity contribution is 4.68. The fourth-order valence-corrected chi connectivity index (χ4v) is 2.51. The molecule has 0 rings (SSSR count). The second-order valence-corrected chi connectivity index (χ2v) is 7.98. The Balaban J connectivity index is 3.67. The Morgan fingerprint density at radius 1 is 0.708 bits per heavy atom. The van der Waals surface area contributed by atoms with Gasteiger partial charge in [0.05, 0.1) is 6.10 Å². The lowest BCUT2D eigenvalue weighted by atomic mass is 10.2. The summed E-state index contributed by atoms with van der Waals surface area (Å²) >= 11 is 0. The first-order valence-corrected chi connectivity index (χ1v) is 9.94. The molecular weight excluding hydrogens is 298 g/mol. The van der Waals surface area contributed by atoms with Crippen LogP contribution in [-0.4, -0.2) is 86.8 Å². The van der Waals surface area contributed by atoms with E-state index in [2.05, 4.69) is 70.5 Å². The van der Waals surface area contributed by atoms with Crippen LogP contribution in [-0.2, 0) is 4.74 Å². The van der Waals surface area contributed by atoms with Gasteiger partial charge in [-0.05, 0) is 94.5 Å². The minimum absolute atomic E-state index is 0.366. The van der Waals surface area contributed by atoms with E-state index in [-0.39, 0.29) is 0 Å². The maximum atomic E-state index is 5.58. The zero-order chi connectivity index (χ0) is 18.5. The van der Waals surface area contributed by atoms with Crippen molar-refractivity contribution in [1.29, 1.82) is 0 Å². The van der Waals surface area contributed by atoms with Crippen molar-refractivity contribution < 1.29 is 4.74 Å². The topological polar surface area (TPSA) is 19.0 Å². The first-order valence-electron chi connectivity index (χ1n) is 9.94. The number of hydrogen-bond acceptors (Lipinski definition) is 4. The molecule has 0 N–H and O–H groups in total. The maximum absolute atomic E-state index is 5.58. The normalized spacial score (nSPS) is 13.9. The van der Waals surface area contributed by atoms with Crippen molar-refractivity contribution in [2.24, 2.45) is 0 Å². The molecule has 0 aliphatic carbocycles. The largest absolute Gasteiger partial charge is 0.379 e. The van der Waals surface area contributed by atoms with Crippen molar-refractivity contribution >= 4 is 0 Å². The fourth-order valence-electron chi connectivity index (χ4n) is 2.51. The Kier molecular flexibility index (Phi) is 14.0. The van der Waals surface area contributed by atoms with Gasteiger partial charge in [-0.3, -0.25) is 0 Å². The maximum Gasteiger partial charge on any atom is 0.0518 e. The van der Waals surface area contributed by atoms with E-state index in [0.29, 0.717) is 18.2 Å². The molecule has 0 amide bonds. The number of nitrogens with zero attached hydrogens (tertiary/aromatic N) is 3. The summed E-state index contributed by atoms with van der Waals surface area (Å²) in [5, 5.41) is 0. The zero-order valence-electron chi connectivity index (χ0n) is 17.8. The van der Waals surface area contributed by atoms with Crippen molar-refractivity contribution in [3.05, 3.63) is 0 Å². The number of unbranched alkanes of at least 4 members (excludes halogenated alkanes) is 2. The van der Waals surface area contributed by atoms with Gasteiger partial charge in [0, 0.05) is 31.8 Å². The van der Waals surface area contributed by atoms with E-state index in [1.165, 1.54) is 38.8 Å². The molecule has 4 heteroatoms. The van der Waals surface area contributed by atoms with Crippen molar-refractivity contribution in [2.75, 3.05) is 53.9 Å². The molecule has 0 aliphatic heterocycles. The van der Waals surface area contributed by atoms with E-state index >= 15 is 0 Å². The highest BCUT2D eigenvalue weighted by Gasteiger charge is 2.12. The number of likely N-dealkylation sites (N-methyl/N-ethyl adjacent to an activating group) is 2. The van der Waals surface area contributed by atoms with Crippen LogP contribution in [0.2, 0.25) is 0 Å². The van der Waals surface area contributed by atoms with Gasteiger partial charge in [-0.2, -0.15) is 0 Å². The lowest BCUT2D eigenvalue weighted by molar-refractivity contribution is 0.0753. The average Bonchev–Trinajstić information content (AvgIpc) is 2.52. The predicted octanol–water partition coefficient (Wildman–Crippen LogP) is 3.56. The van der Waals surface area contributed by atoms with Crippen LogP contribution in [0.15, 0.2) is 0 Å². The lowest BCUT2D eigenvalue weighted by Crippen LogP contribution is -2.38. The molecule has 146 valence electrons. The Morgan fingerprint density at radius 3 is 1.96 bits per heavy atom. The third kappa shape index (κ3) is 13.2.